The summed E-state index contributed by atoms with van der Waals surface area (Å²) in [7, 11) is -0.992. The normalized spacial score (nSPS) is 20.1. The van der Waals surface area contributed by atoms with Crippen LogP contribution in [0.1, 0.15) is 36.0 Å². The summed E-state index contributed by atoms with van der Waals surface area (Å²) in [6.45, 7) is 3.23. The van der Waals surface area contributed by atoms with Crippen LogP contribution in [0.5, 0.6) is 0 Å². The molecule has 4 rings (SSSR count). The second-order valence-electron chi connectivity index (χ2n) is 7.13. The lowest BCUT2D eigenvalue weighted by Gasteiger charge is -2.35. The number of aryl methyl sites for hydroxylation is 1. The van der Waals surface area contributed by atoms with Gasteiger partial charge in [0.2, 0.25) is 0 Å². The number of benzene rings is 2. The fourth-order valence-corrected chi connectivity index (χ4v) is 4.69. The van der Waals surface area contributed by atoms with Gasteiger partial charge in [-0.15, -0.1) is 0 Å². The van der Waals surface area contributed by atoms with E-state index < -0.39 is 16.6 Å². The van der Waals surface area contributed by atoms with E-state index in [9.17, 15) is 4.21 Å². The Kier molecular flexibility index (Phi) is 5.07. The van der Waals surface area contributed by atoms with Crippen LogP contribution in [0.15, 0.2) is 65.1 Å². The number of ether oxygens (including phenoxy) is 2. The van der Waals surface area contributed by atoms with Crippen LogP contribution in [0.4, 0.5) is 0 Å². The second-order valence-corrected chi connectivity index (χ2v) is 8.58. The van der Waals surface area contributed by atoms with Gasteiger partial charge in [-0.3, -0.25) is 4.21 Å². The molecule has 1 heterocycles. The van der Waals surface area contributed by atoms with Crippen molar-refractivity contribution in [2.75, 3.05) is 5.75 Å². The highest BCUT2D eigenvalue weighted by atomic mass is 32.2. The van der Waals surface area contributed by atoms with Crippen LogP contribution in [-0.2, 0) is 33.5 Å². The molecule has 136 valence electrons. The summed E-state index contributed by atoms with van der Waals surface area (Å²) >= 11 is 0. The summed E-state index contributed by atoms with van der Waals surface area (Å²) in [5.41, 5.74) is 4.84. The van der Waals surface area contributed by atoms with Crippen molar-refractivity contribution in [1.82, 2.24) is 0 Å². The Hall–Kier alpha value is -1.75. The lowest BCUT2D eigenvalue weighted by Crippen LogP contribution is -2.36. The molecule has 3 nitrogen and oxygen atoms in total. The first-order chi connectivity index (χ1) is 12.6. The minimum absolute atomic E-state index is 0.534. The molecule has 1 spiro atoms. The van der Waals surface area contributed by atoms with Crippen LogP contribution in [0.2, 0.25) is 0 Å². The summed E-state index contributed by atoms with van der Waals surface area (Å²) < 4.78 is 24.9. The van der Waals surface area contributed by atoms with Gasteiger partial charge in [0.15, 0.2) is 5.79 Å². The predicted octanol–water partition coefficient (Wildman–Crippen LogP) is 4.66. The topological polar surface area (TPSA) is 35.5 Å². The van der Waals surface area contributed by atoms with E-state index in [1.807, 2.05) is 43.3 Å². The third-order valence-electron chi connectivity index (χ3n) is 5.23. The van der Waals surface area contributed by atoms with Crippen molar-refractivity contribution in [1.29, 1.82) is 0 Å². The molecule has 1 aliphatic heterocycles. The standard InChI is InChI=1S/C22H24O3S/c1-17-6-8-21(9-7-17)26(23)16-18-10-12-22(13-11-18)24-14-19-4-2-3-5-20(19)15-25-22/h2-10H,11-16H2,1H3/t26-/m0/s1. The van der Waals surface area contributed by atoms with E-state index in [0.29, 0.717) is 19.0 Å². The van der Waals surface area contributed by atoms with E-state index in [1.165, 1.54) is 22.3 Å². The van der Waals surface area contributed by atoms with E-state index >= 15 is 0 Å². The molecule has 0 N–H and O–H groups in total. The molecule has 2 aromatic rings. The molecule has 0 amide bonds. The first-order valence-electron chi connectivity index (χ1n) is 9.11. The Balaban J connectivity index is 1.40. The SMILES string of the molecule is Cc1ccc([S@@](=O)CC2=CCC3(CC2)OCc2ccccc2CO3)cc1. The average molecular weight is 368 g/mol. The fraction of sp³-hybridized carbons (Fsp3) is 0.364. The van der Waals surface area contributed by atoms with Gasteiger partial charge in [-0.1, -0.05) is 53.6 Å². The minimum Gasteiger partial charge on any atom is -0.345 e. The van der Waals surface area contributed by atoms with E-state index in [0.717, 1.165) is 24.2 Å². The maximum atomic E-state index is 12.6. The molecule has 26 heavy (non-hydrogen) atoms. The van der Waals surface area contributed by atoms with Crippen LogP contribution in [0, 0.1) is 6.92 Å². The highest BCUT2D eigenvalue weighted by Gasteiger charge is 2.36. The zero-order valence-corrected chi connectivity index (χ0v) is 15.9. The third-order valence-corrected chi connectivity index (χ3v) is 6.66. The van der Waals surface area contributed by atoms with E-state index in [4.69, 9.17) is 9.47 Å². The first-order valence-corrected chi connectivity index (χ1v) is 10.4. The molecular formula is C22H24O3S. The molecule has 2 aromatic carbocycles. The Morgan fingerprint density at radius 3 is 2.23 bits per heavy atom. The van der Waals surface area contributed by atoms with Crippen molar-refractivity contribution >= 4 is 10.8 Å². The smallest absolute Gasteiger partial charge is 0.172 e. The van der Waals surface area contributed by atoms with E-state index in [-0.39, 0.29) is 0 Å². The molecule has 0 bridgehead atoms. The Labute approximate surface area is 157 Å². The zero-order valence-electron chi connectivity index (χ0n) is 15.1. The van der Waals surface area contributed by atoms with Gasteiger partial charge in [0.05, 0.1) is 24.0 Å². The van der Waals surface area contributed by atoms with E-state index in [2.05, 4.69) is 18.2 Å². The van der Waals surface area contributed by atoms with Crippen LogP contribution in [0.25, 0.3) is 0 Å². The van der Waals surface area contributed by atoms with Crippen molar-refractivity contribution < 1.29 is 13.7 Å². The number of fused-ring (bicyclic) bond motifs is 1. The summed E-state index contributed by atoms with van der Waals surface area (Å²) in [6, 6.07) is 16.2. The van der Waals surface area contributed by atoms with Gasteiger partial charge in [0.1, 0.15) is 0 Å². The molecule has 0 saturated heterocycles. The van der Waals surface area contributed by atoms with Crippen molar-refractivity contribution in [2.24, 2.45) is 0 Å². The molecule has 0 fully saturated rings. The van der Waals surface area contributed by atoms with Gasteiger partial charge < -0.3 is 9.47 Å². The van der Waals surface area contributed by atoms with Crippen molar-refractivity contribution in [3.05, 3.63) is 76.9 Å². The maximum Gasteiger partial charge on any atom is 0.172 e. The summed E-state index contributed by atoms with van der Waals surface area (Å²) in [5, 5.41) is 0. The lowest BCUT2D eigenvalue weighted by atomic mass is 9.95. The first kappa shape index (κ1) is 17.7. The maximum absolute atomic E-state index is 12.6. The summed E-state index contributed by atoms with van der Waals surface area (Å²) in [6.07, 6.45) is 4.58. The molecule has 1 atom stereocenters. The second kappa shape index (κ2) is 7.47. The summed E-state index contributed by atoms with van der Waals surface area (Å²) in [4.78, 5) is 0.897. The number of hydrogen-bond donors (Lipinski definition) is 0. The van der Waals surface area contributed by atoms with Crippen LogP contribution in [-0.4, -0.2) is 15.7 Å². The molecular weight excluding hydrogens is 344 g/mol. The van der Waals surface area contributed by atoms with Gasteiger partial charge >= 0.3 is 0 Å². The van der Waals surface area contributed by atoms with Crippen LogP contribution >= 0.6 is 0 Å². The average Bonchev–Trinajstić information content (AvgIpc) is 2.85. The van der Waals surface area contributed by atoms with E-state index in [1.54, 1.807) is 0 Å². The molecule has 4 heteroatoms. The molecule has 0 radical (unpaired) electrons. The third kappa shape index (κ3) is 3.83. The van der Waals surface area contributed by atoms with Crippen molar-refractivity contribution in [3.63, 3.8) is 0 Å². The molecule has 0 unspecified atom stereocenters. The lowest BCUT2D eigenvalue weighted by molar-refractivity contribution is -0.247. The quantitative estimate of drug-likeness (QED) is 0.740. The molecule has 0 saturated carbocycles. The Morgan fingerprint density at radius 2 is 1.65 bits per heavy atom. The number of hydrogen-bond acceptors (Lipinski definition) is 3. The largest absolute Gasteiger partial charge is 0.345 e. The van der Waals surface area contributed by atoms with Crippen molar-refractivity contribution in [2.45, 2.75) is 50.1 Å². The Bertz CT molecular complexity index is 812. The fourth-order valence-electron chi connectivity index (χ4n) is 3.49. The van der Waals surface area contributed by atoms with Gasteiger partial charge in [-0.05, 0) is 36.6 Å². The monoisotopic (exact) mass is 368 g/mol. The van der Waals surface area contributed by atoms with Crippen LogP contribution in [0.3, 0.4) is 0 Å². The Morgan fingerprint density at radius 1 is 1.00 bits per heavy atom. The van der Waals surface area contributed by atoms with Gasteiger partial charge in [0.25, 0.3) is 0 Å². The summed E-state index contributed by atoms with van der Waals surface area (Å²) in [5.74, 6) is 0.0627. The molecule has 1 aliphatic carbocycles. The zero-order chi connectivity index (χ0) is 18.0. The molecule has 0 aromatic heterocycles. The highest BCUT2D eigenvalue weighted by Crippen LogP contribution is 2.36. The van der Waals surface area contributed by atoms with Crippen molar-refractivity contribution in [3.8, 4) is 0 Å². The number of rotatable bonds is 3. The van der Waals surface area contributed by atoms with Gasteiger partial charge in [-0.25, -0.2) is 0 Å². The highest BCUT2D eigenvalue weighted by molar-refractivity contribution is 7.85. The van der Waals surface area contributed by atoms with Crippen LogP contribution < -0.4 is 0 Å². The van der Waals surface area contributed by atoms with Gasteiger partial charge in [-0.2, -0.15) is 0 Å². The minimum atomic E-state index is -0.992. The molecule has 2 aliphatic rings. The van der Waals surface area contributed by atoms with Gasteiger partial charge in [0, 0.05) is 23.5 Å². The predicted molar refractivity (Wildman–Crippen MR) is 103 cm³/mol.